The van der Waals surface area contributed by atoms with Gasteiger partial charge in [-0.15, -0.1) is 0 Å². The molecule has 0 aromatic carbocycles. The monoisotopic (exact) mass is 200 g/mol. The Labute approximate surface area is 82.5 Å². The minimum atomic E-state index is -0.347. The van der Waals surface area contributed by atoms with Gasteiger partial charge in [0.15, 0.2) is 0 Å². The van der Waals surface area contributed by atoms with Gasteiger partial charge in [0.05, 0.1) is 10.9 Å². The topological polar surface area (TPSA) is 40.6 Å². The van der Waals surface area contributed by atoms with Crippen LogP contribution in [0.4, 0.5) is 4.79 Å². The average molecular weight is 200 g/mol. The van der Waals surface area contributed by atoms with Gasteiger partial charge in [-0.3, -0.25) is 14.6 Å². The summed E-state index contributed by atoms with van der Waals surface area (Å²) < 4.78 is 0. The molecular formula is C8H12N2O2S. The number of amides is 3. The van der Waals surface area contributed by atoms with E-state index in [-0.39, 0.29) is 17.9 Å². The molecule has 0 aliphatic carbocycles. The Hall–Kier alpha value is -0.970. The van der Waals surface area contributed by atoms with Crippen molar-refractivity contribution in [3.05, 3.63) is 0 Å². The first-order chi connectivity index (χ1) is 6.00. The molecule has 0 aromatic heterocycles. The molecule has 1 saturated heterocycles. The molecule has 13 heavy (non-hydrogen) atoms. The molecular weight excluding hydrogens is 188 g/mol. The summed E-state index contributed by atoms with van der Waals surface area (Å²) in [7, 11) is 3.07. The first-order valence-electron chi connectivity index (χ1n) is 4.09. The molecule has 1 unspecified atom stereocenters. The van der Waals surface area contributed by atoms with Crippen LogP contribution in [-0.2, 0) is 4.79 Å². The van der Waals surface area contributed by atoms with Gasteiger partial charge in [0, 0.05) is 14.1 Å². The Bertz CT molecular complexity index is 253. The van der Waals surface area contributed by atoms with Crippen LogP contribution in [0.25, 0.3) is 0 Å². The normalized spacial score (nSPS) is 24.2. The number of urea groups is 1. The highest BCUT2D eigenvalue weighted by atomic mass is 32.1. The van der Waals surface area contributed by atoms with E-state index in [1.165, 1.54) is 11.9 Å². The predicted molar refractivity (Wildman–Crippen MR) is 52.3 cm³/mol. The molecule has 0 N–H and O–H groups in total. The second-order valence-corrected chi connectivity index (χ2v) is 3.46. The van der Waals surface area contributed by atoms with Crippen molar-refractivity contribution < 1.29 is 9.59 Å². The molecule has 0 bridgehead atoms. The molecule has 1 aliphatic rings. The summed E-state index contributed by atoms with van der Waals surface area (Å²) in [5.41, 5.74) is 0. The van der Waals surface area contributed by atoms with Crippen LogP contribution in [0, 0.1) is 5.92 Å². The summed E-state index contributed by atoms with van der Waals surface area (Å²) in [4.78, 5) is 25.8. The highest BCUT2D eigenvalue weighted by Gasteiger charge is 2.38. The van der Waals surface area contributed by atoms with Crippen molar-refractivity contribution in [2.45, 2.75) is 13.3 Å². The molecule has 5 heteroatoms. The lowest BCUT2D eigenvalue weighted by Gasteiger charge is -2.34. The number of imide groups is 1. The maximum atomic E-state index is 11.5. The number of hydrogen-bond acceptors (Lipinski definition) is 3. The molecule has 0 spiro atoms. The highest BCUT2D eigenvalue weighted by Crippen LogP contribution is 2.18. The maximum Gasteiger partial charge on any atom is 0.331 e. The van der Waals surface area contributed by atoms with Crippen molar-refractivity contribution in [3.63, 3.8) is 0 Å². The van der Waals surface area contributed by atoms with Gasteiger partial charge in [0.1, 0.15) is 0 Å². The van der Waals surface area contributed by atoms with E-state index in [1.807, 2.05) is 6.92 Å². The quantitative estimate of drug-likeness (QED) is 0.589. The van der Waals surface area contributed by atoms with Crippen LogP contribution in [0.5, 0.6) is 0 Å². The largest absolute Gasteiger partial charge is 0.331 e. The third-order valence-electron chi connectivity index (χ3n) is 2.24. The number of thiocarbonyl (C=S) groups is 1. The molecule has 1 atom stereocenters. The predicted octanol–water partition coefficient (Wildman–Crippen LogP) is 0.864. The molecule has 0 radical (unpaired) electrons. The van der Waals surface area contributed by atoms with Crippen LogP contribution in [0.2, 0.25) is 0 Å². The lowest BCUT2D eigenvalue weighted by molar-refractivity contribution is -0.130. The van der Waals surface area contributed by atoms with Crippen molar-refractivity contribution in [2.75, 3.05) is 14.1 Å². The Balaban J connectivity index is 2.99. The molecule has 1 fully saturated rings. The number of carbonyl (C=O) groups excluding carboxylic acids is 2. The fourth-order valence-corrected chi connectivity index (χ4v) is 1.68. The molecule has 3 amide bonds. The molecule has 1 aliphatic heterocycles. The SMILES string of the molecule is CCC1C(=O)N(C)C(=O)N(C)C1=S. The summed E-state index contributed by atoms with van der Waals surface area (Å²) in [5.74, 6) is -0.515. The van der Waals surface area contributed by atoms with Crippen molar-refractivity contribution in [1.82, 2.24) is 9.80 Å². The summed E-state index contributed by atoms with van der Waals surface area (Å²) in [5, 5.41) is 0. The van der Waals surface area contributed by atoms with Gasteiger partial charge in [0.2, 0.25) is 5.91 Å². The zero-order valence-corrected chi connectivity index (χ0v) is 8.72. The fraction of sp³-hybridized carbons (Fsp3) is 0.625. The molecule has 1 rings (SSSR count). The van der Waals surface area contributed by atoms with Gasteiger partial charge < -0.3 is 0 Å². The molecule has 72 valence electrons. The van der Waals surface area contributed by atoms with E-state index < -0.39 is 0 Å². The first-order valence-corrected chi connectivity index (χ1v) is 4.50. The van der Waals surface area contributed by atoms with E-state index in [0.29, 0.717) is 11.4 Å². The van der Waals surface area contributed by atoms with E-state index >= 15 is 0 Å². The van der Waals surface area contributed by atoms with E-state index in [1.54, 1.807) is 7.05 Å². The molecule has 1 heterocycles. The zero-order valence-electron chi connectivity index (χ0n) is 7.90. The van der Waals surface area contributed by atoms with Crippen LogP contribution in [0.15, 0.2) is 0 Å². The van der Waals surface area contributed by atoms with Crippen LogP contribution in [-0.4, -0.2) is 40.8 Å². The standard InChI is InChI=1S/C8H12N2O2S/c1-4-5-6(11)9(2)8(12)10(3)7(5)13/h5H,4H2,1-3H3. The van der Waals surface area contributed by atoms with Gasteiger partial charge in [0.25, 0.3) is 0 Å². The lowest BCUT2D eigenvalue weighted by atomic mass is 10.0. The van der Waals surface area contributed by atoms with Crippen LogP contribution >= 0.6 is 12.2 Å². The Morgan fingerprint density at radius 2 is 1.85 bits per heavy atom. The van der Waals surface area contributed by atoms with Crippen molar-refractivity contribution in [3.8, 4) is 0 Å². The van der Waals surface area contributed by atoms with E-state index in [4.69, 9.17) is 12.2 Å². The molecule has 0 aromatic rings. The average Bonchev–Trinajstić information content (AvgIpc) is 2.13. The second-order valence-electron chi connectivity index (χ2n) is 3.04. The Morgan fingerprint density at radius 1 is 1.31 bits per heavy atom. The summed E-state index contributed by atoms with van der Waals surface area (Å²) in [6.07, 6.45) is 0.639. The number of nitrogens with zero attached hydrogens (tertiary/aromatic N) is 2. The Morgan fingerprint density at radius 3 is 2.31 bits per heavy atom. The van der Waals surface area contributed by atoms with Gasteiger partial charge in [-0.25, -0.2) is 4.79 Å². The van der Waals surface area contributed by atoms with Gasteiger partial charge >= 0.3 is 6.03 Å². The third-order valence-corrected chi connectivity index (χ3v) is 2.80. The van der Waals surface area contributed by atoms with Crippen LogP contribution < -0.4 is 0 Å². The Kier molecular flexibility index (Phi) is 2.66. The number of carbonyl (C=O) groups is 2. The number of hydrogen-bond donors (Lipinski definition) is 0. The van der Waals surface area contributed by atoms with Crippen molar-refractivity contribution in [1.29, 1.82) is 0 Å². The van der Waals surface area contributed by atoms with Crippen LogP contribution in [0.1, 0.15) is 13.3 Å². The fourth-order valence-electron chi connectivity index (χ4n) is 1.34. The minimum Gasteiger partial charge on any atom is -0.290 e. The highest BCUT2D eigenvalue weighted by molar-refractivity contribution is 7.80. The van der Waals surface area contributed by atoms with E-state index in [0.717, 1.165) is 4.90 Å². The minimum absolute atomic E-state index is 0.199. The first kappa shape index (κ1) is 10.1. The zero-order chi connectivity index (χ0) is 10.2. The smallest absolute Gasteiger partial charge is 0.290 e. The molecule has 4 nitrogen and oxygen atoms in total. The summed E-state index contributed by atoms with van der Waals surface area (Å²) >= 11 is 5.01. The number of rotatable bonds is 1. The van der Waals surface area contributed by atoms with Crippen molar-refractivity contribution >= 4 is 29.1 Å². The second kappa shape index (κ2) is 3.41. The van der Waals surface area contributed by atoms with Crippen molar-refractivity contribution in [2.24, 2.45) is 5.92 Å². The summed E-state index contributed by atoms with van der Waals surface area (Å²) in [6.45, 7) is 1.88. The van der Waals surface area contributed by atoms with Gasteiger partial charge in [-0.05, 0) is 6.42 Å². The van der Waals surface area contributed by atoms with Gasteiger partial charge in [-0.2, -0.15) is 0 Å². The van der Waals surface area contributed by atoms with Crippen LogP contribution in [0.3, 0.4) is 0 Å². The third kappa shape index (κ3) is 1.44. The lowest BCUT2D eigenvalue weighted by Crippen LogP contribution is -2.55. The van der Waals surface area contributed by atoms with Gasteiger partial charge in [-0.1, -0.05) is 19.1 Å². The van der Waals surface area contributed by atoms with E-state index in [9.17, 15) is 9.59 Å². The molecule has 0 saturated carbocycles. The maximum absolute atomic E-state index is 11.5. The summed E-state index contributed by atoms with van der Waals surface area (Å²) in [6, 6.07) is -0.347. The van der Waals surface area contributed by atoms with E-state index in [2.05, 4.69) is 0 Å².